The molecule has 30 heavy (non-hydrogen) atoms. The molecule has 3 rings (SSSR count). The molecule has 0 aliphatic heterocycles. The molecule has 0 saturated heterocycles. The molecule has 1 heterocycles. The summed E-state index contributed by atoms with van der Waals surface area (Å²) in [6.07, 6.45) is 0.386. The van der Waals surface area contributed by atoms with Crippen LogP contribution in [0.5, 0.6) is 11.5 Å². The van der Waals surface area contributed by atoms with Gasteiger partial charge in [-0.15, -0.1) is 0 Å². The average Bonchev–Trinajstić information content (AvgIpc) is 2.78. The molecule has 2 aromatic carbocycles. The normalized spacial score (nSPS) is 11.3. The highest BCUT2D eigenvalue weighted by molar-refractivity contribution is 7.89. The van der Waals surface area contributed by atoms with Crippen molar-refractivity contribution in [2.45, 2.75) is 17.9 Å². The summed E-state index contributed by atoms with van der Waals surface area (Å²) < 4.78 is 39.4. The van der Waals surface area contributed by atoms with E-state index in [1.807, 2.05) is 30.3 Å². The maximum absolute atomic E-state index is 12.7. The lowest BCUT2D eigenvalue weighted by Crippen LogP contribution is -2.28. The number of hydrogen-bond donors (Lipinski definition) is 1. The number of ether oxygens (including phenoxy) is 2. The zero-order valence-electron chi connectivity index (χ0n) is 16.7. The quantitative estimate of drug-likeness (QED) is 0.524. The van der Waals surface area contributed by atoms with Gasteiger partial charge < -0.3 is 9.47 Å². The van der Waals surface area contributed by atoms with Gasteiger partial charge in [0, 0.05) is 30.8 Å². The molecule has 8 nitrogen and oxygen atoms in total. The van der Waals surface area contributed by atoms with E-state index in [-0.39, 0.29) is 29.3 Å². The zero-order chi connectivity index (χ0) is 21.6. The van der Waals surface area contributed by atoms with Crippen LogP contribution >= 0.6 is 0 Å². The summed E-state index contributed by atoms with van der Waals surface area (Å²) in [5, 5.41) is 4.38. The Hall–Kier alpha value is -3.17. The standard InChI is InChI=1S/C21H23N3O5S/c1-28-17-9-11-19(29-2)20(15-17)30(26,27)22-13-6-14-24-21(25)12-10-18(23-24)16-7-4-3-5-8-16/h3-5,7-12,15,22H,6,13-14H2,1-2H3. The third-order valence-electron chi connectivity index (χ3n) is 4.44. The fraction of sp³-hybridized carbons (Fsp3) is 0.238. The van der Waals surface area contributed by atoms with Gasteiger partial charge in [0.15, 0.2) is 0 Å². The Morgan fingerprint density at radius 3 is 2.47 bits per heavy atom. The lowest BCUT2D eigenvalue weighted by Gasteiger charge is -2.12. The minimum absolute atomic E-state index is 0.00860. The molecule has 0 saturated carbocycles. The molecule has 0 unspecified atom stereocenters. The minimum atomic E-state index is -3.81. The predicted octanol–water partition coefficient (Wildman–Crippen LogP) is 2.30. The molecule has 0 fully saturated rings. The Labute approximate surface area is 175 Å². The van der Waals surface area contributed by atoms with Crippen molar-refractivity contribution in [1.29, 1.82) is 0 Å². The Bertz CT molecular complexity index is 1160. The number of sulfonamides is 1. The minimum Gasteiger partial charge on any atom is -0.497 e. The summed E-state index contributed by atoms with van der Waals surface area (Å²) in [6, 6.07) is 17.2. The van der Waals surface area contributed by atoms with E-state index in [4.69, 9.17) is 9.47 Å². The first-order valence-corrected chi connectivity index (χ1v) is 10.8. The zero-order valence-corrected chi connectivity index (χ0v) is 17.6. The second-order valence-corrected chi connectivity index (χ2v) is 8.15. The molecule has 0 spiro atoms. The molecule has 9 heteroatoms. The first-order valence-electron chi connectivity index (χ1n) is 9.30. The van der Waals surface area contributed by atoms with Crippen LogP contribution in [0.4, 0.5) is 0 Å². The topological polar surface area (TPSA) is 99.5 Å². The molecule has 0 bridgehead atoms. The third kappa shape index (κ3) is 5.05. The maximum Gasteiger partial charge on any atom is 0.266 e. The number of nitrogens with one attached hydrogen (secondary N) is 1. The van der Waals surface area contributed by atoms with E-state index in [2.05, 4.69) is 9.82 Å². The van der Waals surface area contributed by atoms with Crippen molar-refractivity contribution in [2.24, 2.45) is 0 Å². The van der Waals surface area contributed by atoms with Crippen molar-refractivity contribution in [2.75, 3.05) is 20.8 Å². The van der Waals surface area contributed by atoms with Gasteiger partial charge in [-0.3, -0.25) is 4.79 Å². The average molecular weight is 429 g/mol. The SMILES string of the molecule is COc1ccc(OC)c(S(=O)(=O)NCCCn2nc(-c3ccccc3)ccc2=O)c1. The van der Waals surface area contributed by atoms with Crippen molar-refractivity contribution < 1.29 is 17.9 Å². The number of aromatic nitrogens is 2. The first-order chi connectivity index (χ1) is 14.4. The molecular weight excluding hydrogens is 406 g/mol. The second kappa shape index (κ2) is 9.55. The Morgan fingerprint density at radius 2 is 1.77 bits per heavy atom. The number of aryl methyl sites for hydroxylation is 1. The molecule has 0 atom stereocenters. The van der Waals surface area contributed by atoms with Gasteiger partial charge in [-0.05, 0) is 24.6 Å². The predicted molar refractivity (Wildman–Crippen MR) is 113 cm³/mol. The monoisotopic (exact) mass is 429 g/mol. The molecule has 0 aliphatic carbocycles. The summed E-state index contributed by atoms with van der Waals surface area (Å²) in [4.78, 5) is 12.1. The Balaban J connectivity index is 1.67. The van der Waals surface area contributed by atoms with Gasteiger partial charge in [0.25, 0.3) is 5.56 Å². The highest BCUT2D eigenvalue weighted by Crippen LogP contribution is 2.27. The van der Waals surface area contributed by atoms with Crippen molar-refractivity contribution in [3.8, 4) is 22.8 Å². The lowest BCUT2D eigenvalue weighted by molar-refractivity contribution is 0.392. The summed E-state index contributed by atoms with van der Waals surface area (Å²) >= 11 is 0. The van der Waals surface area contributed by atoms with Gasteiger partial charge in [-0.2, -0.15) is 5.10 Å². The van der Waals surface area contributed by atoms with Crippen LogP contribution < -0.4 is 19.8 Å². The molecule has 0 aliphatic rings. The van der Waals surface area contributed by atoms with Gasteiger partial charge in [0.05, 0.1) is 19.9 Å². The van der Waals surface area contributed by atoms with E-state index in [0.717, 1.165) is 5.56 Å². The highest BCUT2D eigenvalue weighted by Gasteiger charge is 2.20. The number of hydrogen-bond acceptors (Lipinski definition) is 6. The molecule has 1 aromatic heterocycles. The Morgan fingerprint density at radius 1 is 1.00 bits per heavy atom. The maximum atomic E-state index is 12.7. The fourth-order valence-electron chi connectivity index (χ4n) is 2.88. The lowest BCUT2D eigenvalue weighted by atomic mass is 10.1. The van der Waals surface area contributed by atoms with Crippen LogP contribution in [0.25, 0.3) is 11.3 Å². The van der Waals surface area contributed by atoms with Gasteiger partial charge in [-0.25, -0.2) is 17.8 Å². The molecule has 0 amide bonds. The molecule has 1 N–H and O–H groups in total. The van der Waals surface area contributed by atoms with Gasteiger partial charge >= 0.3 is 0 Å². The van der Waals surface area contributed by atoms with E-state index in [1.54, 1.807) is 12.1 Å². The summed E-state index contributed by atoms with van der Waals surface area (Å²) in [7, 11) is -0.954. The smallest absolute Gasteiger partial charge is 0.266 e. The number of rotatable bonds is 9. The van der Waals surface area contributed by atoms with Gasteiger partial charge in [0.2, 0.25) is 10.0 Å². The fourth-order valence-corrected chi connectivity index (χ4v) is 4.14. The second-order valence-electron chi connectivity index (χ2n) is 6.41. The number of nitrogens with zero attached hydrogens (tertiary/aromatic N) is 2. The molecule has 3 aromatic rings. The summed E-state index contributed by atoms with van der Waals surface area (Å²) in [5.41, 5.74) is 1.33. The van der Waals surface area contributed by atoms with E-state index in [1.165, 1.54) is 37.1 Å². The van der Waals surface area contributed by atoms with Gasteiger partial charge in [0.1, 0.15) is 16.4 Å². The summed E-state index contributed by atoms with van der Waals surface area (Å²) in [6.45, 7) is 0.406. The van der Waals surface area contributed by atoms with Crippen molar-refractivity contribution >= 4 is 10.0 Å². The van der Waals surface area contributed by atoms with E-state index in [0.29, 0.717) is 17.9 Å². The van der Waals surface area contributed by atoms with Crippen LogP contribution in [0.3, 0.4) is 0 Å². The molecule has 0 radical (unpaired) electrons. The van der Waals surface area contributed by atoms with E-state index < -0.39 is 10.0 Å². The van der Waals surface area contributed by atoms with Crippen LogP contribution in [-0.4, -0.2) is 39.0 Å². The van der Waals surface area contributed by atoms with E-state index >= 15 is 0 Å². The Kier molecular flexibility index (Phi) is 6.86. The van der Waals surface area contributed by atoms with Crippen LogP contribution in [0.1, 0.15) is 6.42 Å². The van der Waals surface area contributed by atoms with E-state index in [9.17, 15) is 13.2 Å². The van der Waals surface area contributed by atoms with Crippen LogP contribution in [0.15, 0.2) is 70.4 Å². The third-order valence-corrected chi connectivity index (χ3v) is 5.92. The number of methoxy groups -OCH3 is 2. The first kappa shape index (κ1) is 21.5. The molecular formula is C21H23N3O5S. The number of benzene rings is 2. The van der Waals surface area contributed by atoms with Crippen molar-refractivity contribution in [3.05, 3.63) is 71.0 Å². The van der Waals surface area contributed by atoms with Crippen LogP contribution in [0.2, 0.25) is 0 Å². The van der Waals surface area contributed by atoms with Gasteiger partial charge in [-0.1, -0.05) is 30.3 Å². The molecule has 158 valence electrons. The highest BCUT2D eigenvalue weighted by atomic mass is 32.2. The van der Waals surface area contributed by atoms with Crippen LogP contribution in [0, 0.1) is 0 Å². The summed E-state index contributed by atoms with van der Waals surface area (Å²) in [5.74, 6) is 0.626. The largest absolute Gasteiger partial charge is 0.497 e. The van der Waals surface area contributed by atoms with Crippen molar-refractivity contribution in [1.82, 2.24) is 14.5 Å². The van der Waals surface area contributed by atoms with Crippen molar-refractivity contribution in [3.63, 3.8) is 0 Å². The van der Waals surface area contributed by atoms with Crippen LogP contribution in [-0.2, 0) is 16.6 Å².